The lowest BCUT2D eigenvalue weighted by Gasteiger charge is -2.05. The quantitative estimate of drug-likeness (QED) is 0.805. The molecule has 0 spiro atoms. The third-order valence-electron chi connectivity index (χ3n) is 1.48. The first kappa shape index (κ1) is 10.5. The highest BCUT2D eigenvalue weighted by atomic mass is 35.5. The summed E-state index contributed by atoms with van der Waals surface area (Å²) >= 11 is 7.17. The Kier molecular flexibility index (Phi) is 3.71. The lowest BCUT2D eigenvalue weighted by atomic mass is 10.3. The average molecular weight is 219 g/mol. The molecule has 1 aromatic rings. The van der Waals surface area contributed by atoms with Gasteiger partial charge in [0, 0.05) is 4.88 Å². The minimum absolute atomic E-state index is 0.149. The van der Waals surface area contributed by atoms with E-state index in [1.165, 1.54) is 11.3 Å². The van der Waals surface area contributed by atoms with Crippen LogP contribution in [0.2, 0.25) is 4.34 Å². The van der Waals surface area contributed by atoms with Crippen LogP contribution in [0.15, 0.2) is 12.1 Å². The summed E-state index contributed by atoms with van der Waals surface area (Å²) < 4.78 is 0.727. The fourth-order valence-electron chi connectivity index (χ4n) is 0.782. The summed E-state index contributed by atoms with van der Waals surface area (Å²) in [4.78, 5) is 12.1. The van der Waals surface area contributed by atoms with Gasteiger partial charge in [-0.1, -0.05) is 11.6 Å². The van der Waals surface area contributed by atoms with Crippen molar-refractivity contribution in [1.29, 1.82) is 0 Å². The van der Waals surface area contributed by atoms with Gasteiger partial charge in [0.05, 0.1) is 16.9 Å². The summed E-state index contributed by atoms with van der Waals surface area (Å²) in [6, 6.07) is 3.23. The van der Waals surface area contributed by atoms with E-state index in [0.29, 0.717) is 6.54 Å². The maximum atomic E-state index is 11.1. The van der Waals surface area contributed by atoms with E-state index in [4.69, 9.17) is 17.3 Å². The van der Waals surface area contributed by atoms with Crippen LogP contribution in [0, 0.1) is 0 Å². The molecule has 1 atom stereocenters. The van der Waals surface area contributed by atoms with E-state index in [9.17, 15) is 4.79 Å². The second-order valence-electron chi connectivity index (χ2n) is 2.71. The molecule has 0 aliphatic carbocycles. The maximum Gasteiger partial charge on any atom is 0.236 e. The van der Waals surface area contributed by atoms with Crippen molar-refractivity contribution in [2.75, 3.05) is 0 Å². The van der Waals surface area contributed by atoms with Crippen LogP contribution < -0.4 is 11.1 Å². The van der Waals surface area contributed by atoms with Crippen molar-refractivity contribution in [2.45, 2.75) is 19.5 Å². The first-order valence-corrected chi connectivity index (χ1v) is 5.06. The number of rotatable bonds is 3. The van der Waals surface area contributed by atoms with Crippen molar-refractivity contribution in [3.8, 4) is 0 Å². The third kappa shape index (κ3) is 3.34. The predicted octanol–water partition coefficient (Wildman–Crippen LogP) is 1.36. The molecule has 0 unspecified atom stereocenters. The summed E-state index contributed by atoms with van der Waals surface area (Å²) in [5, 5.41) is 2.70. The van der Waals surface area contributed by atoms with E-state index in [1.807, 2.05) is 6.07 Å². The molecular weight excluding hydrogens is 208 g/mol. The Morgan fingerprint density at radius 2 is 2.46 bits per heavy atom. The van der Waals surface area contributed by atoms with Crippen LogP contribution in [0.25, 0.3) is 0 Å². The van der Waals surface area contributed by atoms with Crippen LogP contribution in [0.3, 0.4) is 0 Å². The first-order chi connectivity index (χ1) is 6.09. The standard InChI is InChI=1S/C8H11ClN2OS/c1-5(10)8(12)11-4-6-2-3-7(9)13-6/h2-3,5H,4,10H2,1H3,(H,11,12)/t5-/m1/s1. The molecule has 1 heterocycles. The molecule has 1 aromatic heterocycles. The number of carbonyl (C=O) groups is 1. The van der Waals surface area contributed by atoms with E-state index < -0.39 is 6.04 Å². The lowest BCUT2D eigenvalue weighted by Crippen LogP contribution is -2.37. The van der Waals surface area contributed by atoms with Gasteiger partial charge in [-0.2, -0.15) is 0 Å². The van der Waals surface area contributed by atoms with Crippen molar-refractivity contribution in [3.05, 3.63) is 21.3 Å². The Bertz CT molecular complexity index is 298. The van der Waals surface area contributed by atoms with Gasteiger partial charge in [-0.15, -0.1) is 11.3 Å². The van der Waals surface area contributed by atoms with Crippen molar-refractivity contribution in [1.82, 2.24) is 5.32 Å². The largest absolute Gasteiger partial charge is 0.350 e. The molecule has 0 bridgehead atoms. The van der Waals surface area contributed by atoms with Gasteiger partial charge in [0.25, 0.3) is 0 Å². The van der Waals surface area contributed by atoms with Gasteiger partial charge >= 0.3 is 0 Å². The molecule has 3 nitrogen and oxygen atoms in total. The topological polar surface area (TPSA) is 55.1 Å². The number of hydrogen-bond donors (Lipinski definition) is 2. The Morgan fingerprint density at radius 3 is 2.92 bits per heavy atom. The molecule has 13 heavy (non-hydrogen) atoms. The van der Waals surface area contributed by atoms with Gasteiger partial charge in [0.15, 0.2) is 0 Å². The van der Waals surface area contributed by atoms with Crippen LogP contribution in [-0.4, -0.2) is 11.9 Å². The zero-order chi connectivity index (χ0) is 9.84. The van der Waals surface area contributed by atoms with E-state index in [1.54, 1.807) is 13.0 Å². The molecule has 5 heteroatoms. The molecule has 0 radical (unpaired) electrons. The molecule has 72 valence electrons. The zero-order valence-corrected chi connectivity index (χ0v) is 8.78. The Morgan fingerprint density at radius 1 is 1.77 bits per heavy atom. The second kappa shape index (κ2) is 4.60. The molecule has 0 aliphatic rings. The van der Waals surface area contributed by atoms with Gasteiger partial charge < -0.3 is 11.1 Å². The van der Waals surface area contributed by atoms with Crippen molar-refractivity contribution < 1.29 is 4.79 Å². The molecule has 0 aliphatic heterocycles. The van der Waals surface area contributed by atoms with Crippen molar-refractivity contribution >= 4 is 28.8 Å². The molecule has 0 fully saturated rings. The highest BCUT2D eigenvalue weighted by molar-refractivity contribution is 7.16. The maximum absolute atomic E-state index is 11.1. The van der Waals surface area contributed by atoms with E-state index in [0.717, 1.165) is 9.21 Å². The Labute approximate surface area is 85.9 Å². The summed E-state index contributed by atoms with van der Waals surface area (Å²) in [5.74, 6) is -0.149. The van der Waals surface area contributed by atoms with E-state index in [2.05, 4.69) is 5.32 Å². The molecule has 3 N–H and O–H groups in total. The summed E-state index contributed by atoms with van der Waals surface area (Å²) in [6.07, 6.45) is 0. The molecule has 0 saturated heterocycles. The number of nitrogens with two attached hydrogens (primary N) is 1. The predicted molar refractivity (Wildman–Crippen MR) is 54.8 cm³/mol. The molecular formula is C8H11ClN2OS. The molecule has 0 aromatic carbocycles. The Hall–Kier alpha value is -0.580. The first-order valence-electron chi connectivity index (χ1n) is 3.87. The zero-order valence-electron chi connectivity index (χ0n) is 7.21. The lowest BCUT2D eigenvalue weighted by molar-refractivity contribution is -0.122. The summed E-state index contributed by atoms with van der Waals surface area (Å²) in [6.45, 7) is 2.15. The highest BCUT2D eigenvalue weighted by Gasteiger charge is 2.06. The average Bonchev–Trinajstić information content (AvgIpc) is 2.47. The van der Waals surface area contributed by atoms with Gasteiger partial charge in [-0.05, 0) is 19.1 Å². The van der Waals surface area contributed by atoms with Crippen molar-refractivity contribution in [3.63, 3.8) is 0 Å². The van der Waals surface area contributed by atoms with Gasteiger partial charge in [-0.25, -0.2) is 0 Å². The SMILES string of the molecule is C[C@@H](N)C(=O)NCc1ccc(Cl)s1. The fraction of sp³-hybridized carbons (Fsp3) is 0.375. The number of carbonyl (C=O) groups excluding carboxylic acids is 1. The smallest absolute Gasteiger partial charge is 0.236 e. The molecule has 1 rings (SSSR count). The third-order valence-corrected chi connectivity index (χ3v) is 2.71. The Balaban J connectivity index is 2.39. The van der Waals surface area contributed by atoms with Gasteiger partial charge in [0.2, 0.25) is 5.91 Å². The normalized spacial score (nSPS) is 12.5. The van der Waals surface area contributed by atoms with Gasteiger partial charge in [-0.3, -0.25) is 4.79 Å². The van der Waals surface area contributed by atoms with Crippen molar-refractivity contribution in [2.24, 2.45) is 5.73 Å². The van der Waals surface area contributed by atoms with Crippen LogP contribution in [0.5, 0.6) is 0 Å². The van der Waals surface area contributed by atoms with Crippen LogP contribution >= 0.6 is 22.9 Å². The number of hydrogen-bond acceptors (Lipinski definition) is 3. The second-order valence-corrected chi connectivity index (χ2v) is 4.51. The number of thiophene rings is 1. The number of halogens is 1. The summed E-state index contributed by atoms with van der Waals surface area (Å²) in [5.41, 5.74) is 5.37. The fourth-order valence-corrected chi connectivity index (χ4v) is 1.81. The summed E-state index contributed by atoms with van der Waals surface area (Å²) in [7, 11) is 0. The number of amides is 1. The van der Waals surface area contributed by atoms with Gasteiger partial charge in [0.1, 0.15) is 0 Å². The minimum Gasteiger partial charge on any atom is -0.350 e. The molecule has 1 amide bonds. The highest BCUT2D eigenvalue weighted by Crippen LogP contribution is 2.20. The number of nitrogens with one attached hydrogen (secondary N) is 1. The van der Waals surface area contributed by atoms with Crippen LogP contribution in [0.4, 0.5) is 0 Å². The monoisotopic (exact) mass is 218 g/mol. The van der Waals surface area contributed by atoms with E-state index >= 15 is 0 Å². The van der Waals surface area contributed by atoms with E-state index in [-0.39, 0.29) is 5.91 Å². The molecule has 0 saturated carbocycles. The van der Waals surface area contributed by atoms with Crippen LogP contribution in [-0.2, 0) is 11.3 Å². The van der Waals surface area contributed by atoms with Crippen LogP contribution in [0.1, 0.15) is 11.8 Å². The minimum atomic E-state index is -0.463.